The van der Waals surface area contributed by atoms with Crippen LogP contribution < -0.4 is 10.6 Å². The van der Waals surface area contributed by atoms with Gasteiger partial charge in [-0.3, -0.25) is 4.79 Å². The molecule has 1 aromatic carbocycles. The van der Waals surface area contributed by atoms with E-state index in [1.54, 1.807) is 13.0 Å². The Bertz CT molecular complexity index is 516. The summed E-state index contributed by atoms with van der Waals surface area (Å²) in [7, 11) is 0. The molecule has 0 aliphatic rings. The highest BCUT2D eigenvalue weighted by Crippen LogP contribution is 2.13. The van der Waals surface area contributed by atoms with Crippen molar-refractivity contribution in [2.24, 2.45) is 5.41 Å². The maximum Gasteiger partial charge on any atom is 0.227 e. The molecule has 5 heteroatoms. The highest BCUT2D eigenvalue weighted by Gasteiger charge is 2.20. The number of allylic oxidation sites excluding steroid dienone is 1. The summed E-state index contributed by atoms with van der Waals surface area (Å²) in [6.45, 7) is 7.22. The fourth-order valence-corrected chi connectivity index (χ4v) is 1.42. The van der Waals surface area contributed by atoms with E-state index in [1.807, 2.05) is 51.1 Å². The van der Waals surface area contributed by atoms with Gasteiger partial charge in [0.1, 0.15) is 0 Å². The van der Waals surface area contributed by atoms with E-state index in [2.05, 4.69) is 10.6 Å². The molecule has 114 valence electrons. The van der Waals surface area contributed by atoms with Gasteiger partial charge in [-0.05, 0) is 19.1 Å². The van der Waals surface area contributed by atoms with E-state index in [9.17, 15) is 4.79 Å². The minimum Gasteiger partial charge on any atom is -0.458 e. The Morgan fingerprint density at radius 2 is 1.90 bits per heavy atom. The molecule has 5 nitrogen and oxygen atoms in total. The first-order valence-electron chi connectivity index (χ1n) is 6.79. The minimum atomic E-state index is -0.461. The molecule has 0 aliphatic carbocycles. The van der Waals surface area contributed by atoms with Gasteiger partial charge in [-0.15, -0.1) is 0 Å². The lowest BCUT2D eigenvalue weighted by Crippen LogP contribution is -2.36. The number of benzene rings is 1. The maximum atomic E-state index is 11.8. The second kappa shape index (κ2) is 7.47. The summed E-state index contributed by atoms with van der Waals surface area (Å²) in [4.78, 5) is 11.8. The highest BCUT2D eigenvalue weighted by atomic mass is 16.5. The van der Waals surface area contributed by atoms with Gasteiger partial charge in [-0.25, -0.2) is 0 Å². The average molecular weight is 289 g/mol. The first kappa shape index (κ1) is 16.8. The van der Waals surface area contributed by atoms with Crippen molar-refractivity contribution in [3.05, 3.63) is 42.3 Å². The Labute approximate surface area is 125 Å². The third-order valence-corrected chi connectivity index (χ3v) is 2.53. The second-order valence-corrected chi connectivity index (χ2v) is 5.73. The Balaban J connectivity index is 2.60. The van der Waals surface area contributed by atoms with Crippen molar-refractivity contribution in [2.75, 3.05) is 12.0 Å². The fraction of sp³-hybridized carbons (Fsp3) is 0.375. The number of hydrogen-bond donors (Lipinski definition) is 3. The van der Waals surface area contributed by atoms with Crippen LogP contribution in [-0.4, -0.2) is 18.3 Å². The maximum absolute atomic E-state index is 11.8. The molecule has 0 fully saturated rings. The number of nitrogens with one attached hydrogen (secondary N) is 3. The van der Waals surface area contributed by atoms with Gasteiger partial charge in [0.2, 0.25) is 5.91 Å². The summed E-state index contributed by atoms with van der Waals surface area (Å²) in [5.74, 6) is 0.330. The Morgan fingerprint density at radius 3 is 2.43 bits per heavy atom. The van der Waals surface area contributed by atoms with Crippen LogP contribution in [0.5, 0.6) is 0 Å². The Hall–Kier alpha value is -2.30. The second-order valence-electron chi connectivity index (χ2n) is 5.73. The van der Waals surface area contributed by atoms with Crippen molar-refractivity contribution < 1.29 is 9.53 Å². The fourth-order valence-electron chi connectivity index (χ4n) is 1.42. The zero-order chi connectivity index (χ0) is 15.9. The SMILES string of the molecule is CC(=N)/C=C(\Nc1ccccc1)OCNC(=O)C(C)(C)C. The molecule has 1 aromatic rings. The summed E-state index contributed by atoms with van der Waals surface area (Å²) in [6.07, 6.45) is 1.57. The average Bonchev–Trinajstić information content (AvgIpc) is 2.37. The lowest BCUT2D eigenvalue weighted by atomic mass is 9.96. The van der Waals surface area contributed by atoms with Crippen LogP contribution in [0.1, 0.15) is 27.7 Å². The number of para-hydroxylation sites is 1. The number of carbonyl (C=O) groups excluding carboxylic acids is 1. The predicted octanol–water partition coefficient (Wildman–Crippen LogP) is 3.12. The zero-order valence-corrected chi connectivity index (χ0v) is 13.0. The van der Waals surface area contributed by atoms with Crippen molar-refractivity contribution in [3.8, 4) is 0 Å². The van der Waals surface area contributed by atoms with Gasteiger partial charge in [0.15, 0.2) is 12.6 Å². The van der Waals surface area contributed by atoms with Crippen LogP contribution in [0.2, 0.25) is 0 Å². The molecule has 0 atom stereocenters. The molecular formula is C16H23N3O2. The highest BCUT2D eigenvalue weighted by molar-refractivity contribution is 5.90. The summed E-state index contributed by atoms with van der Waals surface area (Å²) < 4.78 is 5.50. The number of ether oxygens (including phenoxy) is 1. The van der Waals surface area contributed by atoms with Crippen molar-refractivity contribution >= 4 is 17.3 Å². The molecule has 0 unspecified atom stereocenters. The molecule has 0 saturated carbocycles. The smallest absolute Gasteiger partial charge is 0.227 e. The van der Waals surface area contributed by atoms with E-state index in [0.717, 1.165) is 5.69 Å². The third kappa shape index (κ3) is 6.61. The third-order valence-electron chi connectivity index (χ3n) is 2.53. The molecule has 21 heavy (non-hydrogen) atoms. The summed E-state index contributed by atoms with van der Waals surface area (Å²) in [5, 5.41) is 13.3. The molecule has 0 spiro atoms. The number of rotatable bonds is 6. The molecule has 0 aromatic heterocycles. The number of carbonyl (C=O) groups is 1. The minimum absolute atomic E-state index is 0.0506. The Morgan fingerprint density at radius 1 is 1.29 bits per heavy atom. The first-order chi connectivity index (χ1) is 9.79. The van der Waals surface area contributed by atoms with Crippen LogP contribution >= 0.6 is 0 Å². The molecule has 1 amide bonds. The van der Waals surface area contributed by atoms with Gasteiger partial charge in [-0.2, -0.15) is 0 Å². The lowest BCUT2D eigenvalue weighted by Gasteiger charge is -2.19. The van der Waals surface area contributed by atoms with Crippen LogP contribution in [0.25, 0.3) is 0 Å². The summed E-state index contributed by atoms with van der Waals surface area (Å²) in [5.41, 5.74) is 0.750. The van der Waals surface area contributed by atoms with Gasteiger partial charge in [-0.1, -0.05) is 39.0 Å². The number of amides is 1. The van der Waals surface area contributed by atoms with Gasteiger partial charge >= 0.3 is 0 Å². The normalized spacial score (nSPS) is 11.7. The zero-order valence-electron chi connectivity index (χ0n) is 13.0. The molecule has 0 aliphatic heterocycles. The van der Waals surface area contributed by atoms with Crippen LogP contribution in [-0.2, 0) is 9.53 Å². The van der Waals surface area contributed by atoms with Crippen LogP contribution in [0, 0.1) is 10.8 Å². The first-order valence-corrected chi connectivity index (χ1v) is 6.79. The van der Waals surface area contributed by atoms with E-state index < -0.39 is 5.41 Å². The van der Waals surface area contributed by atoms with E-state index in [4.69, 9.17) is 10.1 Å². The van der Waals surface area contributed by atoms with Gasteiger partial charge in [0, 0.05) is 22.9 Å². The van der Waals surface area contributed by atoms with E-state index in [-0.39, 0.29) is 12.6 Å². The summed E-state index contributed by atoms with van der Waals surface area (Å²) in [6, 6.07) is 9.51. The molecule has 0 bridgehead atoms. The van der Waals surface area contributed by atoms with E-state index in [0.29, 0.717) is 11.6 Å². The largest absolute Gasteiger partial charge is 0.458 e. The number of anilines is 1. The van der Waals surface area contributed by atoms with Gasteiger partial charge < -0.3 is 20.8 Å². The van der Waals surface area contributed by atoms with Gasteiger partial charge in [0.25, 0.3) is 0 Å². The predicted molar refractivity (Wildman–Crippen MR) is 85.1 cm³/mol. The summed E-state index contributed by atoms with van der Waals surface area (Å²) >= 11 is 0. The standard InChI is InChI=1S/C16H23N3O2/c1-12(17)10-14(19-13-8-6-5-7-9-13)21-11-18-15(20)16(2,3)4/h5-10,17,19H,11H2,1-4H3,(H,18,20)/b14-10+,17-12?. The molecule has 0 saturated heterocycles. The van der Waals surface area contributed by atoms with Crippen molar-refractivity contribution in [2.45, 2.75) is 27.7 Å². The number of hydrogen-bond acceptors (Lipinski definition) is 4. The van der Waals surface area contributed by atoms with Crippen LogP contribution in [0.3, 0.4) is 0 Å². The van der Waals surface area contributed by atoms with E-state index in [1.165, 1.54) is 0 Å². The van der Waals surface area contributed by atoms with Crippen LogP contribution in [0.15, 0.2) is 42.3 Å². The van der Waals surface area contributed by atoms with E-state index >= 15 is 0 Å². The monoisotopic (exact) mass is 289 g/mol. The van der Waals surface area contributed by atoms with Crippen LogP contribution in [0.4, 0.5) is 5.69 Å². The molecular weight excluding hydrogens is 266 g/mol. The molecule has 0 heterocycles. The van der Waals surface area contributed by atoms with Crippen molar-refractivity contribution in [1.82, 2.24) is 5.32 Å². The van der Waals surface area contributed by atoms with Crippen molar-refractivity contribution in [1.29, 1.82) is 5.41 Å². The molecule has 3 N–H and O–H groups in total. The van der Waals surface area contributed by atoms with Gasteiger partial charge in [0.05, 0.1) is 0 Å². The topological polar surface area (TPSA) is 74.2 Å². The molecule has 0 radical (unpaired) electrons. The lowest BCUT2D eigenvalue weighted by molar-refractivity contribution is -0.129. The molecule has 1 rings (SSSR count). The Kier molecular flexibility index (Phi) is 5.96. The van der Waals surface area contributed by atoms with Crippen molar-refractivity contribution in [3.63, 3.8) is 0 Å². The quantitative estimate of drug-likeness (QED) is 0.428.